The van der Waals surface area contributed by atoms with E-state index in [-0.39, 0.29) is 18.1 Å². The lowest BCUT2D eigenvalue weighted by Crippen LogP contribution is -2.55. The van der Waals surface area contributed by atoms with Crippen molar-refractivity contribution in [3.8, 4) is 12.1 Å². The van der Waals surface area contributed by atoms with Gasteiger partial charge in [-0.3, -0.25) is 0 Å². The normalized spacial score (nSPS) is 39.2. The summed E-state index contributed by atoms with van der Waals surface area (Å²) in [7, 11) is 0. The van der Waals surface area contributed by atoms with Crippen molar-refractivity contribution in [3.05, 3.63) is 0 Å². The zero-order valence-electron chi connectivity index (χ0n) is 14.0. The van der Waals surface area contributed by atoms with Gasteiger partial charge in [0.05, 0.1) is 24.3 Å². The zero-order chi connectivity index (χ0) is 17.3. The number of alkyl halides is 1. The molecule has 0 aliphatic carbocycles. The maximum absolute atomic E-state index is 9.75. The van der Waals surface area contributed by atoms with Crippen LogP contribution in [0.15, 0.2) is 0 Å². The lowest BCUT2D eigenvalue weighted by atomic mass is 9.87. The second-order valence-electron chi connectivity index (χ2n) is 7.02. The first-order valence-corrected chi connectivity index (χ1v) is 8.26. The van der Waals surface area contributed by atoms with Gasteiger partial charge in [-0.15, -0.1) is 11.6 Å². The van der Waals surface area contributed by atoms with Crippen LogP contribution in [0.4, 0.5) is 0 Å². The monoisotopic (exact) mass is 342 g/mol. The molecule has 2 rings (SSSR count). The molecule has 0 N–H and O–H groups in total. The molecule has 0 aromatic rings. The number of hydrogen-bond acceptors (Lipinski definition) is 6. The van der Waals surface area contributed by atoms with E-state index in [0.717, 1.165) is 0 Å². The van der Waals surface area contributed by atoms with Crippen molar-refractivity contribution >= 4 is 11.6 Å². The molecule has 0 spiro atoms. The summed E-state index contributed by atoms with van der Waals surface area (Å²) in [5.74, 6) is -1.48. The molecular formula is C16H23ClN2O4. The van der Waals surface area contributed by atoms with Crippen LogP contribution in [0.1, 0.15) is 47.0 Å². The Balaban J connectivity index is 2.18. The van der Waals surface area contributed by atoms with Crippen molar-refractivity contribution in [2.75, 3.05) is 5.88 Å². The summed E-state index contributed by atoms with van der Waals surface area (Å²) in [6.45, 7) is 7.06. The molecule has 7 heteroatoms. The average molecular weight is 343 g/mol. The number of nitriles is 2. The van der Waals surface area contributed by atoms with Gasteiger partial charge >= 0.3 is 0 Å². The van der Waals surface area contributed by atoms with Crippen LogP contribution in [0, 0.1) is 22.7 Å². The average Bonchev–Trinajstić information content (AvgIpc) is 2.43. The molecule has 128 valence electrons. The third-order valence-corrected chi connectivity index (χ3v) is 4.22. The summed E-state index contributed by atoms with van der Waals surface area (Å²) in [4.78, 5) is 0. The van der Waals surface area contributed by atoms with E-state index in [1.807, 2.05) is 0 Å². The van der Waals surface area contributed by atoms with Gasteiger partial charge in [0, 0.05) is 25.1 Å². The molecule has 0 bridgehead atoms. The first kappa shape index (κ1) is 18.4. The molecule has 23 heavy (non-hydrogen) atoms. The highest BCUT2D eigenvalue weighted by atomic mass is 35.5. The van der Waals surface area contributed by atoms with Gasteiger partial charge in [-0.1, -0.05) is 0 Å². The minimum atomic E-state index is -1.06. The Bertz CT molecular complexity index is 525. The van der Waals surface area contributed by atoms with Crippen LogP contribution in [-0.2, 0) is 18.9 Å². The highest BCUT2D eigenvalue weighted by molar-refractivity contribution is 6.18. The molecule has 0 unspecified atom stereocenters. The highest BCUT2D eigenvalue weighted by Crippen LogP contribution is 2.40. The predicted molar refractivity (Wildman–Crippen MR) is 82.4 cm³/mol. The maximum atomic E-state index is 9.75. The quantitative estimate of drug-likeness (QED) is 0.733. The Morgan fingerprint density at radius 2 is 1.70 bits per heavy atom. The van der Waals surface area contributed by atoms with Crippen molar-refractivity contribution in [3.63, 3.8) is 0 Å². The third-order valence-electron chi connectivity index (χ3n) is 3.88. The number of ether oxygens (including phenoxy) is 4. The van der Waals surface area contributed by atoms with Gasteiger partial charge in [0.25, 0.3) is 0 Å². The van der Waals surface area contributed by atoms with E-state index in [1.165, 1.54) is 0 Å². The number of halogens is 1. The maximum Gasteiger partial charge on any atom is 0.165 e. The van der Waals surface area contributed by atoms with Crippen LogP contribution in [0.25, 0.3) is 0 Å². The molecule has 0 radical (unpaired) electrons. The van der Waals surface area contributed by atoms with Crippen LogP contribution in [0.3, 0.4) is 0 Å². The van der Waals surface area contributed by atoms with E-state index < -0.39 is 23.3 Å². The van der Waals surface area contributed by atoms with Crippen LogP contribution >= 0.6 is 11.6 Å². The van der Waals surface area contributed by atoms with Crippen molar-refractivity contribution in [1.29, 1.82) is 10.5 Å². The smallest absolute Gasteiger partial charge is 0.165 e. The fraction of sp³-hybridized carbons (Fsp3) is 0.875. The first-order valence-electron chi connectivity index (χ1n) is 7.73. The Labute approximate surface area is 142 Å². The summed E-state index contributed by atoms with van der Waals surface area (Å²) in [6, 6.07) is 4.40. The Morgan fingerprint density at radius 3 is 2.26 bits per heavy atom. The lowest BCUT2D eigenvalue weighted by Gasteiger charge is -2.47. The predicted octanol–water partition coefficient (Wildman–Crippen LogP) is 2.85. The van der Waals surface area contributed by atoms with Gasteiger partial charge in [0.2, 0.25) is 0 Å². The van der Waals surface area contributed by atoms with Gasteiger partial charge in [0.15, 0.2) is 17.2 Å². The summed E-state index contributed by atoms with van der Waals surface area (Å²) >= 11 is 5.94. The van der Waals surface area contributed by atoms with Gasteiger partial charge in [-0.05, 0) is 27.7 Å². The Kier molecular flexibility index (Phi) is 5.25. The SMILES string of the molecule is CC1(C)O[C@@H](C[C@]2(C#N)C[C@H](CCl)OC(C)(C)O2)C[C@@H](C#N)O1. The molecule has 0 saturated carbocycles. The van der Waals surface area contributed by atoms with E-state index in [2.05, 4.69) is 12.1 Å². The third kappa shape index (κ3) is 4.56. The highest BCUT2D eigenvalue weighted by Gasteiger charge is 2.49. The van der Waals surface area contributed by atoms with Crippen LogP contribution in [-0.4, -0.2) is 41.4 Å². The molecule has 0 aromatic carbocycles. The molecular weight excluding hydrogens is 320 g/mol. The Hall–Kier alpha value is -0.890. The molecule has 2 aliphatic rings. The number of hydrogen-bond donors (Lipinski definition) is 0. The molecule has 2 heterocycles. The molecule has 4 atom stereocenters. The standard InChI is InChI=1S/C16H23ClN2O4/c1-14(2)20-11(5-12(9-18)21-14)6-16(10-19)7-13(8-17)22-15(3,4)23-16/h11-13H,5-8H2,1-4H3/t11-,12+,13-,16-/m1/s1. The van der Waals surface area contributed by atoms with Crippen molar-refractivity contribution < 1.29 is 18.9 Å². The van der Waals surface area contributed by atoms with Gasteiger partial charge < -0.3 is 18.9 Å². The van der Waals surface area contributed by atoms with Crippen LogP contribution in [0.2, 0.25) is 0 Å². The topological polar surface area (TPSA) is 84.5 Å². The van der Waals surface area contributed by atoms with Gasteiger partial charge in [-0.25, -0.2) is 0 Å². The minimum Gasteiger partial charge on any atom is -0.347 e. The number of rotatable bonds is 3. The van der Waals surface area contributed by atoms with E-state index in [4.69, 9.17) is 35.8 Å². The molecule has 0 amide bonds. The molecule has 0 aromatic heterocycles. The van der Waals surface area contributed by atoms with Gasteiger partial charge in [0.1, 0.15) is 6.10 Å². The molecule has 2 fully saturated rings. The minimum absolute atomic E-state index is 0.264. The second-order valence-corrected chi connectivity index (χ2v) is 7.33. The van der Waals surface area contributed by atoms with E-state index >= 15 is 0 Å². The molecule has 2 saturated heterocycles. The molecule has 6 nitrogen and oxygen atoms in total. The van der Waals surface area contributed by atoms with Crippen molar-refractivity contribution in [1.82, 2.24) is 0 Å². The van der Waals surface area contributed by atoms with Crippen LogP contribution < -0.4 is 0 Å². The second kappa shape index (κ2) is 6.55. The summed E-state index contributed by atoms with van der Waals surface area (Å²) in [5, 5.41) is 18.9. The number of nitrogens with zero attached hydrogens (tertiary/aromatic N) is 2. The molecule has 2 aliphatic heterocycles. The summed E-state index contributed by atoms with van der Waals surface area (Å²) < 4.78 is 23.1. The van der Waals surface area contributed by atoms with E-state index in [9.17, 15) is 5.26 Å². The van der Waals surface area contributed by atoms with E-state index in [0.29, 0.717) is 19.3 Å². The van der Waals surface area contributed by atoms with E-state index in [1.54, 1.807) is 27.7 Å². The zero-order valence-corrected chi connectivity index (χ0v) is 14.7. The lowest BCUT2D eigenvalue weighted by molar-refractivity contribution is -0.334. The fourth-order valence-electron chi connectivity index (χ4n) is 3.35. The largest absolute Gasteiger partial charge is 0.347 e. The Morgan fingerprint density at radius 1 is 1.04 bits per heavy atom. The summed E-state index contributed by atoms with van der Waals surface area (Å²) in [6.07, 6.45) is -0.0213. The fourth-order valence-corrected chi connectivity index (χ4v) is 3.52. The van der Waals surface area contributed by atoms with Crippen molar-refractivity contribution in [2.24, 2.45) is 0 Å². The summed E-state index contributed by atoms with van der Waals surface area (Å²) in [5.41, 5.74) is -1.06. The van der Waals surface area contributed by atoms with Crippen LogP contribution in [0.5, 0.6) is 0 Å². The first-order chi connectivity index (χ1) is 10.6. The van der Waals surface area contributed by atoms with Crippen molar-refractivity contribution in [2.45, 2.75) is 82.4 Å². The van der Waals surface area contributed by atoms with Gasteiger partial charge in [-0.2, -0.15) is 10.5 Å².